The average Bonchev–Trinajstić information content (AvgIpc) is 2.61. The number of carboxylic acids is 1. The summed E-state index contributed by atoms with van der Waals surface area (Å²) in [5.41, 5.74) is 0.133. The quantitative estimate of drug-likeness (QED) is 0.143. The van der Waals surface area contributed by atoms with Crippen LogP contribution in [-0.4, -0.2) is 87.8 Å². The molecular weight excluding hydrogens is 480 g/mol. The fourth-order valence-electron chi connectivity index (χ4n) is 2.08. The van der Waals surface area contributed by atoms with Crippen molar-refractivity contribution in [3.05, 3.63) is 29.8 Å². The molecule has 2 unspecified atom stereocenters. The topological polar surface area (TPSA) is 136 Å². The number of sulfone groups is 1. The third-order valence-corrected chi connectivity index (χ3v) is 4.92. The van der Waals surface area contributed by atoms with Crippen LogP contribution in [0.2, 0.25) is 0 Å². The monoisotopic (exact) mass is 495 g/mol. The molecule has 8 nitrogen and oxygen atoms in total. The van der Waals surface area contributed by atoms with Gasteiger partial charge < -0.3 is 19.7 Å². The third-order valence-electron chi connectivity index (χ3n) is 3.42. The first-order valence-electron chi connectivity index (χ1n) is 7.73. The van der Waals surface area contributed by atoms with E-state index in [1.807, 2.05) is 0 Å². The standard InChI is InChI=1S/C16H18Cl2FNO7S.Ca/c1-28(25,26)10-4-2-9(3-5-10)14(27-13(23)7-6-12(21)22)11(8-19)20-16(24)15(17)18;/h2-5,11,14-15H,6-8H2,1H3,(H,20,24)(H,21,22);/q;+2/p-2. The Hall–Kier alpha value is -0.650. The smallest absolute Gasteiger partial charge is 0.860 e. The number of hydrogen-bond donors (Lipinski definition) is 0. The van der Waals surface area contributed by atoms with Gasteiger partial charge >= 0.3 is 43.7 Å². The minimum Gasteiger partial charge on any atom is -0.860 e. The average molecular weight is 496 g/mol. The maximum atomic E-state index is 13.5. The summed E-state index contributed by atoms with van der Waals surface area (Å²) in [6, 6.07) is 3.40. The second-order valence-corrected chi connectivity index (χ2v) is 8.73. The maximum Gasteiger partial charge on any atom is 2.00 e. The first kappa shape index (κ1) is 28.3. The zero-order chi connectivity index (χ0) is 21.5. The van der Waals surface area contributed by atoms with Crippen molar-refractivity contribution in [2.45, 2.75) is 34.7 Å². The molecule has 13 heteroatoms. The Kier molecular flexibility index (Phi) is 12.6. The first-order chi connectivity index (χ1) is 13.0. The molecule has 0 aliphatic carbocycles. The minimum absolute atomic E-state index is 0. The molecule has 0 bridgehead atoms. The Balaban J connectivity index is 0.00000784. The van der Waals surface area contributed by atoms with Crippen molar-refractivity contribution in [3.8, 4) is 0 Å². The van der Waals surface area contributed by atoms with Gasteiger partial charge in [0, 0.05) is 12.2 Å². The number of carboxylic acid groups (broad SMARTS) is 1. The van der Waals surface area contributed by atoms with Crippen molar-refractivity contribution in [2.24, 2.45) is 4.99 Å². The normalized spacial score (nSPS) is 14.0. The number of carbonyl (C=O) groups is 2. The van der Waals surface area contributed by atoms with Gasteiger partial charge in [0.2, 0.25) is 0 Å². The molecule has 0 N–H and O–H groups in total. The van der Waals surface area contributed by atoms with Gasteiger partial charge in [0.25, 0.3) is 0 Å². The van der Waals surface area contributed by atoms with E-state index in [4.69, 9.17) is 27.9 Å². The van der Waals surface area contributed by atoms with E-state index in [2.05, 4.69) is 4.99 Å². The molecule has 0 aliphatic heterocycles. The molecule has 0 heterocycles. The van der Waals surface area contributed by atoms with E-state index in [0.29, 0.717) is 0 Å². The molecule has 0 spiro atoms. The molecule has 1 aromatic carbocycles. The van der Waals surface area contributed by atoms with E-state index < -0.39 is 64.2 Å². The second kappa shape index (κ2) is 12.9. The summed E-state index contributed by atoms with van der Waals surface area (Å²) < 4.78 is 41.7. The first-order valence-corrected chi connectivity index (χ1v) is 10.5. The van der Waals surface area contributed by atoms with Gasteiger partial charge in [0.15, 0.2) is 15.9 Å². The van der Waals surface area contributed by atoms with Gasteiger partial charge in [0.1, 0.15) is 17.6 Å². The van der Waals surface area contributed by atoms with Gasteiger partial charge in [-0.2, -0.15) is 0 Å². The number of aliphatic carboxylic acids is 1. The second-order valence-electron chi connectivity index (χ2n) is 5.61. The van der Waals surface area contributed by atoms with E-state index in [1.165, 1.54) is 24.3 Å². The Morgan fingerprint density at radius 1 is 1.17 bits per heavy atom. The van der Waals surface area contributed by atoms with Crippen LogP contribution in [0, 0.1) is 0 Å². The number of aliphatic imine (C=N–C) groups is 1. The van der Waals surface area contributed by atoms with Crippen molar-refractivity contribution in [1.29, 1.82) is 0 Å². The molecule has 2 atom stereocenters. The van der Waals surface area contributed by atoms with Crippen molar-refractivity contribution in [2.75, 3.05) is 12.9 Å². The summed E-state index contributed by atoms with van der Waals surface area (Å²) in [4.78, 5) is 24.3. The van der Waals surface area contributed by atoms with Crippen LogP contribution in [0.15, 0.2) is 34.2 Å². The minimum atomic E-state index is -3.51. The van der Waals surface area contributed by atoms with Gasteiger partial charge in [-0.25, -0.2) is 12.8 Å². The van der Waals surface area contributed by atoms with Crippen LogP contribution < -0.4 is 10.2 Å². The number of nitrogens with zero attached hydrogens (tertiary/aromatic N) is 1. The summed E-state index contributed by atoms with van der Waals surface area (Å²) in [5, 5.41) is 22.1. The molecular formula is C16H16CaCl2FNO7S. The largest absolute Gasteiger partial charge is 2.00 e. The molecule has 0 fully saturated rings. The molecule has 1 aromatic rings. The van der Waals surface area contributed by atoms with Crippen LogP contribution in [0.25, 0.3) is 0 Å². The molecule has 156 valence electrons. The molecule has 0 aromatic heterocycles. The summed E-state index contributed by atoms with van der Waals surface area (Å²) in [6.45, 7) is -1.24. The van der Waals surface area contributed by atoms with E-state index in [0.717, 1.165) is 6.26 Å². The third kappa shape index (κ3) is 9.80. The molecule has 1 rings (SSSR count). The van der Waals surface area contributed by atoms with E-state index in [1.54, 1.807) is 0 Å². The molecule has 29 heavy (non-hydrogen) atoms. The van der Waals surface area contributed by atoms with Crippen molar-refractivity contribution in [3.63, 3.8) is 0 Å². The number of halogens is 3. The van der Waals surface area contributed by atoms with E-state index in [-0.39, 0.29) is 48.2 Å². The zero-order valence-electron chi connectivity index (χ0n) is 15.2. The molecule has 0 saturated heterocycles. The van der Waals surface area contributed by atoms with Crippen LogP contribution in [-0.2, 0) is 24.2 Å². The van der Waals surface area contributed by atoms with Crippen molar-refractivity contribution < 1.29 is 37.3 Å². The zero-order valence-corrected chi connectivity index (χ0v) is 19.8. The van der Waals surface area contributed by atoms with Gasteiger partial charge in [-0.15, -0.1) is 0 Å². The summed E-state index contributed by atoms with van der Waals surface area (Å²) >= 11 is 10.8. The predicted octanol–water partition coefficient (Wildman–Crippen LogP) is -0.276. The summed E-state index contributed by atoms with van der Waals surface area (Å²) in [6.07, 6.45) is -1.64. The number of benzene rings is 1. The number of alkyl halides is 3. The number of esters is 1. The Bertz CT molecular complexity index is 834. The summed E-state index contributed by atoms with van der Waals surface area (Å²) in [5.74, 6) is -3.55. The van der Waals surface area contributed by atoms with Crippen LogP contribution in [0.4, 0.5) is 4.39 Å². The van der Waals surface area contributed by atoms with Crippen LogP contribution in [0.1, 0.15) is 24.5 Å². The molecule has 0 amide bonds. The SMILES string of the molecule is CS(=O)(=O)c1ccc(C(OC(=O)CCC(=O)[O-])C(CF)N=C([O-])C(Cl)Cl)cc1.[Ca+2]. The predicted molar refractivity (Wildman–Crippen MR) is 101 cm³/mol. The maximum absolute atomic E-state index is 13.5. The number of ether oxygens (including phenoxy) is 1. The van der Waals surface area contributed by atoms with Gasteiger partial charge in [-0.3, -0.25) is 9.79 Å². The fourth-order valence-corrected chi connectivity index (χ4v) is 2.82. The van der Waals surface area contributed by atoms with Gasteiger partial charge in [0.05, 0.1) is 11.3 Å². The molecule has 0 saturated carbocycles. The van der Waals surface area contributed by atoms with E-state index in [9.17, 15) is 32.6 Å². The van der Waals surface area contributed by atoms with Gasteiger partial charge in [-0.1, -0.05) is 35.3 Å². The van der Waals surface area contributed by atoms with E-state index >= 15 is 0 Å². The molecule has 0 radical (unpaired) electrons. The van der Waals surface area contributed by atoms with Crippen molar-refractivity contribution in [1.82, 2.24) is 0 Å². The van der Waals surface area contributed by atoms with Crippen LogP contribution in [0.3, 0.4) is 0 Å². The van der Waals surface area contributed by atoms with Crippen LogP contribution >= 0.6 is 23.2 Å². The number of hydrogen-bond acceptors (Lipinski definition) is 8. The van der Waals surface area contributed by atoms with Gasteiger partial charge in [-0.05, 0) is 30.0 Å². The Labute approximate surface area is 207 Å². The van der Waals surface area contributed by atoms with Crippen molar-refractivity contribution >= 4 is 88.6 Å². The Morgan fingerprint density at radius 2 is 1.72 bits per heavy atom. The Morgan fingerprint density at radius 3 is 2.14 bits per heavy atom. The van der Waals surface area contributed by atoms with Crippen LogP contribution in [0.5, 0.6) is 0 Å². The fraction of sp³-hybridized carbons (Fsp3) is 0.438. The number of carbonyl (C=O) groups excluding carboxylic acids is 2. The number of rotatable bonds is 10. The molecule has 0 aliphatic rings. The summed E-state index contributed by atoms with van der Waals surface area (Å²) in [7, 11) is -3.51.